The summed E-state index contributed by atoms with van der Waals surface area (Å²) in [5, 5.41) is 0.726. The first-order valence-electron chi connectivity index (χ1n) is 5.89. The van der Waals surface area contributed by atoms with Crippen LogP contribution >= 0.6 is 15.9 Å². The molecule has 0 radical (unpaired) electrons. The average Bonchev–Trinajstić information content (AvgIpc) is 2.37. The monoisotopic (exact) mass is 333 g/mol. The summed E-state index contributed by atoms with van der Waals surface area (Å²) in [5.41, 5.74) is 0.679. The predicted octanol–water partition coefficient (Wildman–Crippen LogP) is 3.39. The predicted molar refractivity (Wildman–Crippen MR) is 78.4 cm³/mol. The number of rotatable bonds is 5. The van der Waals surface area contributed by atoms with Gasteiger partial charge in [-0.2, -0.15) is 4.31 Å². The molecule has 0 N–H and O–H groups in total. The van der Waals surface area contributed by atoms with Crippen molar-refractivity contribution in [2.75, 3.05) is 7.05 Å². The molecule has 0 spiro atoms. The number of nitrogens with zero attached hydrogens (tertiary/aromatic N) is 1. The summed E-state index contributed by atoms with van der Waals surface area (Å²) in [4.78, 5) is 0.344. The first-order valence-corrected chi connectivity index (χ1v) is 8.46. The number of benzene rings is 1. The van der Waals surface area contributed by atoms with Gasteiger partial charge in [-0.05, 0) is 38.0 Å². The second-order valence-electron chi connectivity index (χ2n) is 4.92. The molecule has 1 aromatic rings. The smallest absolute Gasteiger partial charge is 0.207 e. The van der Waals surface area contributed by atoms with E-state index in [0.717, 1.165) is 17.3 Å². The van der Waals surface area contributed by atoms with Gasteiger partial charge in [-0.25, -0.2) is 8.42 Å². The summed E-state index contributed by atoms with van der Waals surface area (Å²) >= 11 is 3.34. The number of hydrogen-bond donors (Lipinski definition) is 0. The van der Waals surface area contributed by atoms with Crippen LogP contribution in [0.1, 0.15) is 32.8 Å². The molecule has 0 saturated carbocycles. The summed E-state index contributed by atoms with van der Waals surface area (Å²) in [6.07, 6.45) is 0.766. The molecule has 0 atom stereocenters. The Morgan fingerprint density at radius 2 is 1.72 bits per heavy atom. The lowest BCUT2D eigenvalue weighted by atomic mass is 10.0. The molecule has 5 heteroatoms. The van der Waals surface area contributed by atoms with Crippen LogP contribution < -0.4 is 0 Å². The molecule has 0 bridgehead atoms. The molecule has 0 aromatic heterocycles. The highest BCUT2D eigenvalue weighted by Crippen LogP contribution is 2.25. The maximum Gasteiger partial charge on any atom is 0.243 e. The lowest BCUT2D eigenvalue weighted by Crippen LogP contribution is -2.44. The molecule has 0 amide bonds. The minimum Gasteiger partial charge on any atom is -0.207 e. The minimum absolute atomic E-state index is 0.344. The zero-order chi connectivity index (χ0) is 14.0. The molecule has 0 fully saturated rings. The Hall–Kier alpha value is -0.390. The molecular weight excluding hydrogens is 314 g/mol. The second-order valence-corrected chi connectivity index (χ2v) is 7.45. The average molecular weight is 334 g/mol. The van der Waals surface area contributed by atoms with Gasteiger partial charge in [-0.15, -0.1) is 0 Å². The zero-order valence-electron chi connectivity index (χ0n) is 11.3. The van der Waals surface area contributed by atoms with Gasteiger partial charge in [-0.1, -0.05) is 35.0 Å². The van der Waals surface area contributed by atoms with E-state index in [0.29, 0.717) is 4.90 Å². The van der Waals surface area contributed by atoms with Crippen molar-refractivity contribution >= 4 is 26.0 Å². The standard InChI is InChI=1S/C13H20BrNO2S/c1-5-13(2,3)15(4)18(16,17)12-8-6-11(10-14)7-9-12/h6-9H,5,10H2,1-4H3. The topological polar surface area (TPSA) is 37.4 Å². The van der Waals surface area contributed by atoms with Gasteiger partial charge in [0.05, 0.1) is 4.90 Å². The summed E-state index contributed by atoms with van der Waals surface area (Å²) < 4.78 is 26.4. The molecule has 3 nitrogen and oxygen atoms in total. The van der Waals surface area contributed by atoms with Gasteiger partial charge in [0.1, 0.15) is 0 Å². The van der Waals surface area contributed by atoms with Crippen LogP contribution in [0.15, 0.2) is 29.2 Å². The Kier molecular flexibility index (Phi) is 4.98. The van der Waals surface area contributed by atoms with E-state index in [1.807, 2.05) is 32.9 Å². The van der Waals surface area contributed by atoms with Crippen LogP contribution in [-0.2, 0) is 15.4 Å². The Morgan fingerprint density at radius 3 is 2.11 bits per heavy atom. The van der Waals surface area contributed by atoms with Crippen molar-refractivity contribution in [3.63, 3.8) is 0 Å². The van der Waals surface area contributed by atoms with Crippen LogP contribution in [-0.4, -0.2) is 25.3 Å². The third kappa shape index (κ3) is 3.13. The highest BCUT2D eigenvalue weighted by molar-refractivity contribution is 9.08. The molecule has 0 aliphatic heterocycles. The van der Waals surface area contributed by atoms with E-state index in [1.165, 1.54) is 4.31 Å². The van der Waals surface area contributed by atoms with Gasteiger partial charge in [0, 0.05) is 17.9 Å². The second kappa shape index (κ2) is 5.72. The summed E-state index contributed by atoms with van der Waals surface area (Å²) in [7, 11) is -1.78. The van der Waals surface area contributed by atoms with Crippen molar-refractivity contribution in [3.8, 4) is 0 Å². The Balaban J connectivity index is 3.13. The third-order valence-corrected chi connectivity index (χ3v) is 6.18. The van der Waals surface area contributed by atoms with Crippen molar-refractivity contribution < 1.29 is 8.42 Å². The first-order chi connectivity index (χ1) is 8.25. The summed E-state index contributed by atoms with van der Waals surface area (Å²) in [6, 6.07) is 6.98. The zero-order valence-corrected chi connectivity index (χ0v) is 13.7. The molecule has 0 aliphatic carbocycles. The molecule has 18 heavy (non-hydrogen) atoms. The first kappa shape index (κ1) is 15.7. The Morgan fingerprint density at radius 1 is 1.22 bits per heavy atom. The minimum atomic E-state index is -3.42. The molecule has 0 saturated heterocycles. The summed E-state index contributed by atoms with van der Waals surface area (Å²) in [6.45, 7) is 5.84. The van der Waals surface area contributed by atoms with Crippen molar-refractivity contribution in [2.45, 2.75) is 43.0 Å². The fraction of sp³-hybridized carbons (Fsp3) is 0.538. The molecule has 102 valence electrons. The Labute approximate surface area is 118 Å². The van der Waals surface area contributed by atoms with Crippen molar-refractivity contribution in [3.05, 3.63) is 29.8 Å². The molecular formula is C13H20BrNO2S. The maximum absolute atomic E-state index is 12.5. The molecule has 1 aromatic carbocycles. The van der Waals surface area contributed by atoms with Gasteiger partial charge in [-0.3, -0.25) is 0 Å². The van der Waals surface area contributed by atoms with Gasteiger partial charge >= 0.3 is 0 Å². The maximum atomic E-state index is 12.5. The lowest BCUT2D eigenvalue weighted by molar-refractivity contribution is 0.257. The van der Waals surface area contributed by atoms with Crippen LogP contribution in [0, 0.1) is 0 Å². The van der Waals surface area contributed by atoms with Crippen LogP contribution in [0.4, 0.5) is 0 Å². The normalized spacial score (nSPS) is 13.0. The van der Waals surface area contributed by atoms with Crippen LogP contribution in [0.2, 0.25) is 0 Å². The number of hydrogen-bond acceptors (Lipinski definition) is 2. The van der Waals surface area contributed by atoms with Gasteiger partial charge in [0.15, 0.2) is 0 Å². The lowest BCUT2D eigenvalue weighted by Gasteiger charge is -2.33. The van der Waals surface area contributed by atoms with Gasteiger partial charge < -0.3 is 0 Å². The van der Waals surface area contributed by atoms with E-state index in [-0.39, 0.29) is 5.54 Å². The van der Waals surface area contributed by atoms with Crippen molar-refractivity contribution in [1.29, 1.82) is 0 Å². The number of sulfonamides is 1. The number of alkyl halides is 1. The molecule has 0 unspecified atom stereocenters. The van der Waals surface area contributed by atoms with Gasteiger partial charge in [0.2, 0.25) is 10.0 Å². The van der Waals surface area contributed by atoms with E-state index in [2.05, 4.69) is 15.9 Å². The van der Waals surface area contributed by atoms with Crippen LogP contribution in [0.5, 0.6) is 0 Å². The van der Waals surface area contributed by atoms with Gasteiger partial charge in [0.25, 0.3) is 0 Å². The molecule has 1 rings (SSSR count). The fourth-order valence-electron chi connectivity index (χ4n) is 1.46. The van der Waals surface area contributed by atoms with Crippen LogP contribution in [0.3, 0.4) is 0 Å². The van der Waals surface area contributed by atoms with Crippen molar-refractivity contribution in [2.24, 2.45) is 0 Å². The van der Waals surface area contributed by atoms with E-state index in [4.69, 9.17) is 0 Å². The van der Waals surface area contributed by atoms with E-state index < -0.39 is 10.0 Å². The quantitative estimate of drug-likeness (QED) is 0.774. The van der Waals surface area contributed by atoms with E-state index in [1.54, 1.807) is 19.2 Å². The largest absolute Gasteiger partial charge is 0.243 e. The Bertz CT molecular complexity index is 494. The SMILES string of the molecule is CCC(C)(C)N(C)S(=O)(=O)c1ccc(CBr)cc1. The highest BCUT2D eigenvalue weighted by Gasteiger charge is 2.32. The fourth-order valence-corrected chi connectivity index (χ4v) is 3.41. The third-order valence-electron chi connectivity index (χ3n) is 3.45. The van der Waals surface area contributed by atoms with Crippen LogP contribution in [0.25, 0.3) is 0 Å². The van der Waals surface area contributed by atoms with Crippen molar-refractivity contribution in [1.82, 2.24) is 4.31 Å². The molecule has 0 aliphatic rings. The number of halogens is 1. The highest BCUT2D eigenvalue weighted by atomic mass is 79.9. The molecule has 0 heterocycles. The van der Waals surface area contributed by atoms with E-state index in [9.17, 15) is 8.42 Å². The summed E-state index contributed by atoms with van der Waals surface area (Å²) in [5.74, 6) is 0. The van der Waals surface area contributed by atoms with E-state index >= 15 is 0 Å².